The molecule has 3 aliphatic carbocycles. The van der Waals surface area contributed by atoms with Gasteiger partial charge < -0.3 is 4.90 Å². The van der Waals surface area contributed by atoms with Crippen molar-refractivity contribution in [2.75, 3.05) is 4.90 Å². The van der Waals surface area contributed by atoms with Gasteiger partial charge in [-0.05, 0) is 104 Å². The quantitative estimate of drug-likeness (QED) is 0.170. The number of rotatable bonds is 7. The number of anilines is 3. The lowest BCUT2D eigenvalue weighted by Gasteiger charge is -2.25. The summed E-state index contributed by atoms with van der Waals surface area (Å²) in [4.78, 5) is 12.7. The third kappa shape index (κ3) is 5.86. The highest BCUT2D eigenvalue weighted by Gasteiger charge is 2.20. The average Bonchev–Trinajstić information content (AvgIpc) is 3.58. The molecule has 2 aromatic heterocycles. The molecule has 6 aromatic rings. The van der Waals surface area contributed by atoms with Crippen molar-refractivity contribution in [1.82, 2.24) is 9.97 Å². The lowest BCUT2D eigenvalue weighted by atomic mass is 9.87. The smallest absolute Gasteiger partial charge is 0.160 e. The van der Waals surface area contributed by atoms with Gasteiger partial charge in [0.1, 0.15) is 0 Å². The van der Waals surface area contributed by atoms with Gasteiger partial charge in [-0.2, -0.15) is 0 Å². The first kappa shape index (κ1) is 30.5. The van der Waals surface area contributed by atoms with E-state index in [9.17, 15) is 0 Å². The molecule has 9 rings (SSSR count). The molecule has 3 nitrogen and oxygen atoms in total. The van der Waals surface area contributed by atoms with Crippen LogP contribution in [0.25, 0.3) is 44.1 Å². The van der Waals surface area contributed by atoms with Crippen LogP contribution in [0.1, 0.15) is 50.0 Å². The summed E-state index contributed by atoms with van der Waals surface area (Å²) in [6.07, 6.45) is 20.2. The zero-order valence-corrected chi connectivity index (χ0v) is 28.7. The second-order valence-electron chi connectivity index (χ2n) is 13.1. The Morgan fingerprint density at radius 1 is 0.580 bits per heavy atom. The molecule has 0 fully saturated rings. The molecular weight excluding hydrogens is 627 g/mol. The Hall–Kier alpha value is -5.58. The number of hydrogen-bond acceptors (Lipinski definition) is 4. The average molecular weight is 664 g/mol. The van der Waals surface area contributed by atoms with E-state index in [2.05, 4.69) is 157 Å². The molecule has 3 aliphatic rings. The van der Waals surface area contributed by atoms with Crippen molar-refractivity contribution in [3.8, 4) is 11.3 Å². The van der Waals surface area contributed by atoms with Crippen molar-refractivity contribution in [3.63, 3.8) is 0 Å². The van der Waals surface area contributed by atoms with E-state index in [-0.39, 0.29) is 0 Å². The second-order valence-corrected chi connectivity index (χ2v) is 14.2. The van der Waals surface area contributed by atoms with Gasteiger partial charge >= 0.3 is 0 Å². The van der Waals surface area contributed by atoms with E-state index in [1.165, 1.54) is 42.2 Å². The predicted octanol–water partition coefficient (Wildman–Crippen LogP) is 11.1. The number of para-hydroxylation sites is 2. The van der Waals surface area contributed by atoms with Gasteiger partial charge in [0.2, 0.25) is 0 Å². The molecule has 50 heavy (non-hydrogen) atoms. The van der Waals surface area contributed by atoms with E-state index in [4.69, 9.17) is 9.97 Å². The predicted molar refractivity (Wildman–Crippen MR) is 212 cm³/mol. The van der Waals surface area contributed by atoms with Crippen LogP contribution in [0.4, 0.5) is 17.1 Å². The number of fused-ring (bicyclic) bond motifs is 3. The Labute approximate surface area is 297 Å². The molecule has 4 heteroatoms. The van der Waals surface area contributed by atoms with E-state index in [0.29, 0.717) is 0 Å². The number of hydrogen-bond donors (Lipinski definition) is 0. The van der Waals surface area contributed by atoms with E-state index in [1.54, 1.807) is 0 Å². The standard InChI is InChI=1S/C46H37N3S/c1-5-15-32(16-6-1)41-31-42(33-17-7-2-8-18-33)48-46(47-41)35-20-13-19-34(29-35)39-25-14-26-43-45(39)40-28-27-38(30-44(40)50-43)49(36-21-9-3-10-22-36)37-23-11-4-12-24-37/h1,3-7,9-12,15-18,20-24,26-31H,2,8,13-14,19,25H2. The van der Waals surface area contributed by atoms with E-state index >= 15 is 0 Å². The minimum Gasteiger partial charge on any atom is -0.310 e. The molecule has 4 aromatic carbocycles. The van der Waals surface area contributed by atoms with Gasteiger partial charge in [0.15, 0.2) is 5.82 Å². The van der Waals surface area contributed by atoms with Gasteiger partial charge in [-0.3, -0.25) is 0 Å². The molecule has 2 heterocycles. The maximum Gasteiger partial charge on any atom is 0.160 e. The van der Waals surface area contributed by atoms with E-state index < -0.39 is 0 Å². The summed E-state index contributed by atoms with van der Waals surface area (Å²) in [5.74, 6) is 0.809. The molecule has 0 saturated heterocycles. The Balaban J connectivity index is 1.14. The topological polar surface area (TPSA) is 29.0 Å². The summed E-state index contributed by atoms with van der Waals surface area (Å²) in [7, 11) is 0. The van der Waals surface area contributed by atoms with Crippen LogP contribution in [-0.2, 0) is 0 Å². The third-order valence-electron chi connectivity index (χ3n) is 9.85. The molecule has 0 unspecified atom stereocenters. The van der Waals surface area contributed by atoms with Crippen molar-refractivity contribution < 1.29 is 0 Å². The molecule has 0 N–H and O–H groups in total. The number of allylic oxidation sites excluding steroid dienone is 8. The maximum absolute atomic E-state index is 5.18. The summed E-state index contributed by atoms with van der Waals surface area (Å²) in [6.45, 7) is 0. The molecule has 0 saturated carbocycles. The van der Waals surface area contributed by atoms with Crippen molar-refractivity contribution in [3.05, 3.63) is 172 Å². The molecule has 0 aliphatic heterocycles. The highest BCUT2D eigenvalue weighted by Crippen LogP contribution is 2.37. The lowest BCUT2D eigenvalue weighted by Crippen LogP contribution is -2.26. The zero-order valence-electron chi connectivity index (χ0n) is 27.9. The summed E-state index contributed by atoms with van der Waals surface area (Å²) >= 11 is 1.92. The summed E-state index contributed by atoms with van der Waals surface area (Å²) < 4.78 is 2.71. The largest absolute Gasteiger partial charge is 0.310 e. The van der Waals surface area contributed by atoms with Crippen LogP contribution in [0.5, 0.6) is 0 Å². The van der Waals surface area contributed by atoms with Gasteiger partial charge in [-0.25, -0.2) is 9.97 Å². The summed E-state index contributed by atoms with van der Waals surface area (Å²) in [5, 5.41) is 2.76. The number of aromatic nitrogens is 2. The molecule has 242 valence electrons. The normalized spacial score (nSPS) is 15.5. The van der Waals surface area contributed by atoms with Gasteiger partial charge in [0.05, 0.1) is 11.4 Å². The Bertz CT molecular complexity index is 2430. The number of benzene rings is 4. The van der Waals surface area contributed by atoms with Crippen molar-refractivity contribution in [2.24, 2.45) is 0 Å². The van der Waals surface area contributed by atoms with Gasteiger partial charge in [-0.1, -0.05) is 103 Å². The van der Waals surface area contributed by atoms with Crippen LogP contribution in [0, 0.1) is 0 Å². The first-order valence-corrected chi connectivity index (χ1v) is 18.5. The number of nitrogens with zero attached hydrogens (tertiary/aromatic N) is 3. The molecule has 0 amide bonds. The Kier molecular flexibility index (Phi) is 8.15. The molecule has 0 atom stereocenters. The Morgan fingerprint density at radius 2 is 1.28 bits per heavy atom. The minimum absolute atomic E-state index is 0.809. The van der Waals surface area contributed by atoms with E-state index in [0.717, 1.165) is 78.2 Å². The SMILES string of the molecule is C1=CC(c2cc(-c3ccccc3)nc(C3=CCCC(C4=c5c(sc6cc(N(c7ccccc7)c7ccccc7)ccc56)=CCC4)=C3)n2)=CCC1. The van der Waals surface area contributed by atoms with Crippen LogP contribution in [0.3, 0.4) is 0 Å². The summed E-state index contributed by atoms with van der Waals surface area (Å²) in [6, 6.07) is 41.0. The lowest BCUT2D eigenvalue weighted by molar-refractivity contribution is 0.959. The van der Waals surface area contributed by atoms with Crippen LogP contribution in [0.2, 0.25) is 0 Å². The fourth-order valence-corrected chi connectivity index (χ4v) is 8.71. The minimum atomic E-state index is 0.809. The maximum atomic E-state index is 5.18. The first-order valence-electron chi connectivity index (χ1n) is 17.7. The van der Waals surface area contributed by atoms with Crippen molar-refractivity contribution in [2.45, 2.75) is 38.5 Å². The zero-order chi connectivity index (χ0) is 33.3. The fraction of sp³-hybridized carbons (Fsp3) is 0.130. The first-order chi connectivity index (χ1) is 24.8. The van der Waals surface area contributed by atoms with Crippen molar-refractivity contribution >= 4 is 61.3 Å². The Morgan fingerprint density at radius 3 is 2.02 bits per heavy atom. The highest BCUT2D eigenvalue weighted by atomic mass is 32.1. The second kappa shape index (κ2) is 13.4. The molecule has 0 spiro atoms. The van der Waals surface area contributed by atoms with Crippen LogP contribution >= 0.6 is 11.3 Å². The number of thiophene rings is 1. The van der Waals surface area contributed by atoms with Crippen LogP contribution in [0.15, 0.2) is 151 Å². The van der Waals surface area contributed by atoms with Gasteiger partial charge in [0, 0.05) is 48.0 Å². The van der Waals surface area contributed by atoms with E-state index in [1.807, 2.05) is 11.3 Å². The van der Waals surface area contributed by atoms with Crippen LogP contribution < -0.4 is 14.7 Å². The molecular formula is C46H37N3S. The highest BCUT2D eigenvalue weighted by molar-refractivity contribution is 7.17. The van der Waals surface area contributed by atoms with Crippen LogP contribution in [-0.4, -0.2) is 9.97 Å². The van der Waals surface area contributed by atoms with Gasteiger partial charge in [0.25, 0.3) is 0 Å². The third-order valence-corrected chi connectivity index (χ3v) is 11.0. The summed E-state index contributed by atoms with van der Waals surface area (Å²) in [5.41, 5.74) is 11.8. The monoisotopic (exact) mass is 663 g/mol. The molecule has 0 bridgehead atoms. The van der Waals surface area contributed by atoms with Crippen molar-refractivity contribution in [1.29, 1.82) is 0 Å². The fourth-order valence-electron chi connectivity index (χ4n) is 7.47. The van der Waals surface area contributed by atoms with Gasteiger partial charge in [-0.15, -0.1) is 11.3 Å². The molecule has 0 radical (unpaired) electrons.